The first-order valence-electron chi connectivity index (χ1n) is 10.3. The van der Waals surface area contributed by atoms with E-state index in [-0.39, 0.29) is 11.5 Å². The zero-order valence-corrected chi connectivity index (χ0v) is 19.0. The van der Waals surface area contributed by atoms with Gasteiger partial charge < -0.3 is 10.2 Å². The average Bonchev–Trinajstić information content (AvgIpc) is 2.80. The highest BCUT2D eigenvalue weighted by molar-refractivity contribution is 9.10. The lowest BCUT2D eigenvalue weighted by Gasteiger charge is -2.15. The van der Waals surface area contributed by atoms with Crippen LogP contribution in [-0.2, 0) is 0 Å². The Bertz CT molecular complexity index is 1520. The van der Waals surface area contributed by atoms with Gasteiger partial charge in [0, 0.05) is 22.9 Å². The maximum Gasteiger partial charge on any atom is 0.138 e. The van der Waals surface area contributed by atoms with Crippen molar-refractivity contribution in [3.8, 4) is 22.6 Å². The number of aliphatic imine (C=N–C) groups is 1. The fourth-order valence-corrected chi connectivity index (χ4v) is 4.74. The average molecular weight is 482 g/mol. The van der Waals surface area contributed by atoms with Crippen LogP contribution in [0.2, 0.25) is 0 Å². The molecule has 0 aliphatic carbocycles. The van der Waals surface area contributed by atoms with Gasteiger partial charge in [-0.25, -0.2) is 0 Å². The van der Waals surface area contributed by atoms with Gasteiger partial charge in [0.2, 0.25) is 0 Å². The molecular formula is C28H20BrNO2. The third-order valence-corrected chi connectivity index (χ3v) is 6.25. The molecule has 0 bridgehead atoms. The summed E-state index contributed by atoms with van der Waals surface area (Å²) in [5.74, 6) is 0.354. The van der Waals surface area contributed by atoms with Crippen LogP contribution in [0.1, 0.15) is 11.1 Å². The van der Waals surface area contributed by atoms with Crippen LogP contribution in [0.3, 0.4) is 0 Å². The summed E-state index contributed by atoms with van der Waals surface area (Å²) in [6.45, 7) is 1.97. The zero-order valence-electron chi connectivity index (χ0n) is 17.4. The number of rotatable bonds is 3. The molecule has 0 amide bonds. The molecule has 2 N–H and O–H groups in total. The maximum absolute atomic E-state index is 10.9. The van der Waals surface area contributed by atoms with Gasteiger partial charge in [0.25, 0.3) is 0 Å². The Morgan fingerprint density at radius 1 is 0.750 bits per heavy atom. The van der Waals surface area contributed by atoms with Crippen molar-refractivity contribution in [1.82, 2.24) is 0 Å². The lowest BCUT2D eigenvalue weighted by molar-refractivity contribution is 0.471. The van der Waals surface area contributed by atoms with E-state index in [0.29, 0.717) is 15.7 Å². The van der Waals surface area contributed by atoms with Gasteiger partial charge in [-0.15, -0.1) is 0 Å². The van der Waals surface area contributed by atoms with Crippen molar-refractivity contribution in [2.75, 3.05) is 0 Å². The number of aromatic hydroxyl groups is 2. The van der Waals surface area contributed by atoms with Gasteiger partial charge in [0.1, 0.15) is 11.5 Å². The number of nitrogens with zero attached hydrogens (tertiary/aromatic N) is 1. The maximum atomic E-state index is 10.9. The van der Waals surface area contributed by atoms with Crippen molar-refractivity contribution >= 4 is 49.4 Å². The fourth-order valence-electron chi connectivity index (χ4n) is 4.15. The van der Waals surface area contributed by atoms with E-state index in [1.807, 2.05) is 79.7 Å². The molecule has 3 nitrogen and oxygen atoms in total. The summed E-state index contributed by atoms with van der Waals surface area (Å²) < 4.78 is 0.629. The van der Waals surface area contributed by atoms with E-state index in [9.17, 15) is 10.2 Å². The van der Waals surface area contributed by atoms with Crippen LogP contribution in [0.4, 0.5) is 5.69 Å². The van der Waals surface area contributed by atoms with Crippen LogP contribution in [0.5, 0.6) is 11.5 Å². The molecule has 0 atom stereocenters. The molecule has 0 spiro atoms. The summed E-state index contributed by atoms with van der Waals surface area (Å²) >= 11 is 3.40. The number of hydrogen-bond acceptors (Lipinski definition) is 3. The van der Waals surface area contributed by atoms with Gasteiger partial charge in [-0.1, -0.05) is 60.7 Å². The molecule has 0 aromatic heterocycles. The van der Waals surface area contributed by atoms with Crippen molar-refractivity contribution in [3.63, 3.8) is 0 Å². The Balaban J connectivity index is 1.81. The minimum absolute atomic E-state index is 0.148. The highest BCUT2D eigenvalue weighted by Crippen LogP contribution is 2.45. The topological polar surface area (TPSA) is 52.8 Å². The summed E-state index contributed by atoms with van der Waals surface area (Å²) in [5.41, 5.74) is 3.97. The van der Waals surface area contributed by atoms with Crippen molar-refractivity contribution in [1.29, 1.82) is 0 Å². The van der Waals surface area contributed by atoms with E-state index >= 15 is 0 Å². The van der Waals surface area contributed by atoms with Crippen molar-refractivity contribution in [2.24, 2.45) is 4.99 Å². The Morgan fingerprint density at radius 2 is 1.38 bits per heavy atom. The van der Waals surface area contributed by atoms with E-state index in [0.717, 1.165) is 38.2 Å². The molecule has 0 radical (unpaired) electrons. The van der Waals surface area contributed by atoms with E-state index in [1.54, 1.807) is 12.3 Å². The van der Waals surface area contributed by atoms with Crippen LogP contribution in [0.25, 0.3) is 32.7 Å². The standard InChI is InChI=1S/C28H20BrNO2/c1-17-14-20(28(32)23(29)15-17)16-30-24-12-10-18-6-2-4-8-21(18)26(24)27-22-9-5-3-7-19(22)11-13-25(27)31/h2-16,31-32H,1H3. The second kappa shape index (κ2) is 8.13. The molecule has 4 heteroatoms. The summed E-state index contributed by atoms with van der Waals surface area (Å²) in [7, 11) is 0. The number of hydrogen-bond donors (Lipinski definition) is 2. The monoisotopic (exact) mass is 481 g/mol. The third-order valence-electron chi connectivity index (χ3n) is 5.64. The van der Waals surface area contributed by atoms with Crippen LogP contribution < -0.4 is 0 Å². The van der Waals surface area contributed by atoms with Crippen molar-refractivity contribution in [2.45, 2.75) is 6.92 Å². The smallest absolute Gasteiger partial charge is 0.138 e. The number of aryl methyl sites for hydroxylation is 1. The molecule has 0 aliphatic heterocycles. The van der Waals surface area contributed by atoms with Crippen LogP contribution >= 0.6 is 15.9 Å². The van der Waals surface area contributed by atoms with Gasteiger partial charge >= 0.3 is 0 Å². The van der Waals surface area contributed by atoms with Gasteiger partial charge in [-0.05, 0) is 74.2 Å². The fraction of sp³-hybridized carbons (Fsp3) is 0.0357. The first kappa shape index (κ1) is 20.3. The first-order valence-corrected chi connectivity index (χ1v) is 11.1. The summed E-state index contributed by atoms with van der Waals surface area (Å²) in [5, 5.41) is 25.5. The van der Waals surface area contributed by atoms with E-state index in [1.165, 1.54) is 0 Å². The number of phenols is 2. The number of halogens is 1. The van der Waals surface area contributed by atoms with Gasteiger partial charge in [-0.3, -0.25) is 4.99 Å². The van der Waals surface area contributed by atoms with E-state index in [2.05, 4.69) is 22.0 Å². The largest absolute Gasteiger partial charge is 0.507 e. The second-order valence-electron chi connectivity index (χ2n) is 7.80. The highest BCUT2D eigenvalue weighted by atomic mass is 79.9. The minimum Gasteiger partial charge on any atom is -0.507 e. The van der Waals surface area contributed by atoms with Crippen LogP contribution in [0, 0.1) is 6.92 Å². The summed E-state index contributed by atoms with van der Waals surface area (Å²) in [6.07, 6.45) is 1.67. The Hall–Kier alpha value is -3.63. The third kappa shape index (κ3) is 3.53. The molecule has 0 heterocycles. The molecule has 0 saturated heterocycles. The van der Waals surface area contributed by atoms with Gasteiger partial charge in [0.05, 0.1) is 10.2 Å². The lowest BCUT2D eigenvalue weighted by Crippen LogP contribution is -1.89. The van der Waals surface area contributed by atoms with Gasteiger partial charge in [-0.2, -0.15) is 0 Å². The first-order chi connectivity index (χ1) is 15.5. The summed E-state index contributed by atoms with van der Waals surface area (Å²) in [6, 6.07) is 27.5. The molecule has 156 valence electrons. The van der Waals surface area contributed by atoms with Crippen LogP contribution in [0.15, 0.2) is 94.4 Å². The normalized spacial score (nSPS) is 11.6. The number of phenolic OH excluding ortho intramolecular Hbond substituents is 2. The van der Waals surface area contributed by atoms with E-state index < -0.39 is 0 Å². The zero-order chi connectivity index (χ0) is 22.2. The molecule has 5 aromatic rings. The molecular weight excluding hydrogens is 462 g/mol. The Morgan fingerprint density at radius 3 is 2.09 bits per heavy atom. The molecule has 32 heavy (non-hydrogen) atoms. The van der Waals surface area contributed by atoms with Gasteiger partial charge in [0.15, 0.2) is 0 Å². The molecule has 0 unspecified atom stereocenters. The molecule has 0 aliphatic rings. The lowest BCUT2D eigenvalue weighted by atomic mass is 9.92. The molecule has 5 rings (SSSR count). The molecule has 0 saturated carbocycles. The second-order valence-corrected chi connectivity index (χ2v) is 8.66. The number of fused-ring (bicyclic) bond motifs is 2. The number of benzene rings is 5. The molecule has 5 aromatic carbocycles. The van der Waals surface area contributed by atoms with Crippen molar-refractivity contribution < 1.29 is 10.2 Å². The van der Waals surface area contributed by atoms with Crippen molar-refractivity contribution in [3.05, 3.63) is 101 Å². The van der Waals surface area contributed by atoms with Crippen LogP contribution in [-0.4, -0.2) is 16.4 Å². The quantitative estimate of drug-likeness (QED) is 0.257. The SMILES string of the molecule is Cc1cc(Br)c(O)c(C=Nc2ccc3ccccc3c2-c2c(O)ccc3ccccc23)c1. The highest BCUT2D eigenvalue weighted by Gasteiger charge is 2.16. The predicted octanol–water partition coefficient (Wildman–Crippen LogP) is 7.89. The molecule has 0 fully saturated rings. The predicted molar refractivity (Wildman–Crippen MR) is 136 cm³/mol. The minimum atomic E-state index is 0.148. The summed E-state index contributed by atoms with van der Waals surface area (Å²) in [4.78, 5) is 4.78. The Kier molecular flexibility index (Phi) is 5.16. The Labute approximate surface area is 194 Å². The van der Waals surface area contributed by atoms with E-state index in [4.69, 9.17) is 4.99 Å².